The summed E-state index contributed by atoms with van der Waals surface area (Å²) >= 11 is 0. The maximum atomic E-state index is 10.8. The van der Waals surface area contributed by atoms with E-state index >= 15 is 0 Å². The van der Waals surface area contributed by atoms with Crippen LogP contribution in [0.3, 0.4) is 0 Å². The van der Waals surface area contributed by atoms with Crippen LogP contribution in [0.5, 0.6) is 0 Å². The monoisotopic (exact) mass is 232 g/mol. The van der Waals surface area contributed by atoms with E-state index in [1.165, 1.54) is 6.20 Å². The molecule has 0 aliphatic carbocycles. The van der Waals surface area contributed by atoms with Gasteiger partial charge in [-0.1, -0.05) is 6.92 Å². The average molecular weight is 232 g/mol. The molecule has 0 amide bonds. The van der Waals surface area contributed by atoms with Crippen molar-refractivity contribution >= 4 is 11.9 Å². The molecule has 6 nitrogen and oxygen atoms in total. The van der Waals surface area contributed by atoms with Gasteiger partial charge in [0.15, 0.2) is 0 Å². The highest BCUT2D eigenvalue weighted by Crippen LogP contribution is 2.26. The van der Waals surface area contributed by atoms with Gasteiger partial charge in [-0.2, -0.15) is 5.26 Å². The Kier molecular flexibility index (Phi) is 2.91. The third-order valence-corrected chi connectivity index (χ3v) is 3.05. The maximum Gasteiger partial charge on any atom is 0.306 e. The molecule has 1 fully saturated rings. The summed E-state index contributed by atoms with van der Waals surface area (Å²) in [6.45, 7) is 2.96. The fraction of sp³-hybridized carbons (Fsp3) is 0.455. The second-order valence-corrected chi connectivity index (χ2v) is 4.15. The summed E-state index contributed by atoms with van der Waals surface area (Å²) in [6, 6.07) is 3.49. The molecule has 1 atom stereocenters. The minimum Gasteiger partial charge on any atom is -0.481 e. The molecule has 1 aliphatic heterocycles. The zero-order valence-corrected chi connectivity index (χ0v) is 9.37. The fourth-order valence-corrected chi connectivity index (χ4v) is 1.76. The molecule has 1 saturated heterocycles. The number of hydrogen-bond donors (Lipinski definition) is 1. The molecule has 6 heteroatoms. The van der Waals surface area contributed by atoms with Crippen molar-refractivity contribution in [2.24, 2.45) is 11.8 Å². The van der Waals surface area contributed by atoms with E-state index in [0.717, 1.165) is 0 Å². The van der Waals surface area contributed by atoms with Crippen LogP contribution < -0.4 is 4.90 Å². The van der Waals surface area contributed by atoms with Gasteiger partial charge in [0.05, 0.1) is 5.92 Å². The number of aliphatic carboxylic acids is 1. The van der Waals surface area contributed by atoms with Gasteiger partial charge in [0, 0.05) is 25.2 Å². The van der Waals surface area contributed by atoms with Gasteiger partial charge in [-0.05, 0) is 6.07 Å². The average Bonchev–Trinajstić information content (AvgIpc) is 2.27. The summed E-state index contributed by atoms with van der Waals surface area (Å²) in [5.41, 5.74) is 0.324. The molecule has 1 aromatic heterocycles. The number of nitriles is 1. The van der Waals surface area contributed by atoms with Crippen LogP contribution in [0.1, 0.15) is 12.6 Å². The molecule has 0 bridgehead atoms. The molecular formula is C11H12N4O2. The molecule has 1 N–H and O–H groups in total. The van der Waals surface area contributed by atoms with Crippen LogP contribution in [0.2, 0.25) is 0 Å². The molecule has 0 aromatic carbocycles. The quantitative estimate of drug-likeness (QED) is 0.816. The van der Waals surface area contributed by atoms with Crippen molar-refractivity contribution in [3.05, 3.63) is 18.0 Å². The Bertz CT molecular complexity index is 477. The van der Waals surface area contributed by atoms with E-state index in [0.29, 0.717) is 24.7 Å². The Morgan fingerprint density at radius 2 is 2.41 bits per heavy atom. The smallest absolute Gasteiger partial charge is 0.306 e. The fourth-order valence-electron chi connectivity index (χ4n) is 1.76. The molecule has 1 aromatic rings. The third kappa shape index (κ3) is 2.18. The van der Waals surface area contributed by atoms with Crippen molar-refractivity contribution in [2.45, 2.75) is 6.92 Å². The lowest BCUT2D eigenvalue weighted by Crippen LogP contribution is -2.51. The molecule has 1 aliphatic rings. The highest BCUT2D eigenvalue weighted by atomic mass is 16.4. The van der Waals surface area contributed by atoms with Gasteiger partial charge in [0.2, 0.25) is 5.95 Å². The van der Waals surface area contributed by atoms with Gasteiger partial charge in [0.1, 0.15) is 11.8 Å². The summed E-state index contributed by atoms with van der Waals surface area (Å²) in [4.78, 5) is 20.8. The molecule has 0 radical (unpaired) electrons. The first-order chi connectivity index (χ1) is 8.11. The van der Waals surface area contributed by atoms with Crippen LogP contribution in [0.25, 0.3) is 0 Å². The Labute approximate surface area is 98.5 Å². The normalized spacial score (nSPS) is 17.1. The first-order valence-electron chi connectivity index (χ1n) is 5.32. The van der Waals surface area contributed by atoms with Crippen LogP contribution in [0.4, 0.5) is 5.95 Å². The van der Waals surface area contributed by atoms with Crippen LogP contribution in [0, 0.1) is 23.2 Å². The largest absolute Gasteiger partial charge is 0.481 e. The standard InChI is InChI=1S/C11H12N4O2/c1-7(10(16)17)8-5-15(6-8)11-13-3-2-9(4-12)14-11/h2-3,7-8H,5-6H2,1H3,(H,16,17). The molecular weight excluding hydrogens is 220 g/mol. The lowest BCUT2D eigenvalue weighted by molar-refractivity contribution is -0.143. The van der Waals surface area contributed by atoms with E-state index in [-0.39, 0.29) is 11.8 Å². The first-order valence-corrected chi connectivity index (χ1v) is 5.32. The number of carboxylic acid groups (broad SMARTS) is 1. The van der Waals surface area contributed by atoms with E-state index in [9.17, 15) is 4.79 Å². The first kappa shape index (κ1) is 11.3. The van der Waals surface area contributed by atoms with E-state index in [4.69, 9.17) is 10.4 Å². The lowest BCUT2D eigenvalue weighted by Gasteiger charge is -2.41. The number of carboxylic acids is 1. The molecule has 0 saturated carbocycles. The van der Waals surface area contributed by atoms with Crippen molar-refractivity contribution in [3.8, 4) is 6.07 Å². The number of rotatable bonds is 3. The van der Waals surface area contributed by atoms with Crippen molar-refractivity contribution in [3.63, 3.8) is 0 Å². The van der Waals surface area contributed by atoms with Gasteiger partial charge in [-0.15, -0.1) is 0 Å². The molecule has 0 spiro atoms. The van der Waals surface area contributed by atoms with Gasteiger partial charge in [-0.25, -0.2) is 9.97 Å². The Morgan fingerprint density at radius 3 is 3.00 bits per heavy atom. The lowest BCUT2D eigenvalue weighted by atomic mass is 9.87. The maximum absolute atomic E-state index is 10.8. The van der Waals surface area contributed by atoms with Crippen molar-refractivity contribution in [1.29, 1.82) is 5.26 Å². The van der Waals surface area contributed by atoms with E-state index < -0.39 is 5.97 Å². The van der Waals surface area contributed by atoms with Gasteiger partial charge < -0.3 is 10.0 Å². The third-order valence-electron chi connectivity index (χ3n) is 3.05. The topological polar surface area (TPSA) is 90.1 Å². The summed E-state index contributed by atoms with van der Waals surface area (Å²) in [7, 11) is 0. The number of carbonyl (C=O) groups is 1. The Morgan fingerprint density at radius 1 is 1.71 bits per heavy atom. The zero-order valence-electron chi connectivity index (χ0n) is 9.37. The summed E-state index contributed by atoms with van der Waals surface area (Å²) in [6.07, 6.45) is 1.54. The number of nitrogens with zero attached hydrogens (tertiary/aromatic N) is 4. The highest BCUT2D eigenvalue weighted by Gasteiger charge is 2.35. The second kappa shape index (κ2) is 4.37. The van der Waals surface area contributed by atoms with Crippen molar-refractivity contribution < 1.29 is 9.90 Å². The van der Waals surface area contributed by atoms with E-state index in [1.54, 1.807) is 13.0 Å². The molecule has 2 rings (SSSR count). The predicted octanol–water partition coefficient (Wildman–Crippen LogP) is 0.505. The van der Waals surface area contributed by atoms with Gasteiger partial charge in [0.25, 0.3) is 0 Å². The SMILES string of the molecule is CC(C(=O)O)C1CN(c2nccc(C#N)n2)C1. The van der Waals surface area contributed by atoms with E-state index in [1.807, 2.05) is 11.0 Å². The Balaban J connectivity index is 2.00. The molecule has 17 heavy (non-hydrogen) atoms. The summed E-state index contributed by atoms with van der Waals surface area (Å²) in [5, 5.41) is 17.6. The zero-order chi connectivity index (χ0) is 12.4. The molecule has 1 unspecified atom stereocenters. The van der Waals surface area contributed by atoms with Gasteiger partial charge >= 0.3 is 5.97 Å². The van der Waals surface area contributed by atoms with Crippen molar-refractivity contribution in [2.75, 3.05) is 18.0 Å². The number of anilines is 1. The highest BCUT2D eigenvalue weighted by molar-refractivity contribution is 5.70. The second-order valence-electron chi connectivity index (χ2n) is 4.15. The molecule has 2 heterocycles. The summed E-state index contributed by atoms with van der Waals surface area (Å²) in [5.74, 6) is -0.508. The van der Waals surface area contributed by atoms with Crippen molar-refractivity contribution in [1.82, 2.24) is 9.97 Å². The predicted molar refractivity (Wildman–Crippen MR) is 59.2 cm³/mol. The number of aromatic nitrogens is 2. The number of hydrogen-bond acceptors (Lipinski definition) is 5. The molecule has 88 valence electrons. The summed E-state index contributed by atoms with van der Waals surface area (Å²) < 4.78 is 0. The van der Waals surface area contributed by atoms with Crippen LogP contribution >= 0.6 is 0 Å². The Hall–Kier alpha value is -2.16. The van der Waals surface area contributed by atoms with Crippen LogP contribution in [-0.4, -0.2) is 34.1 Å². The van der Waals surface area contributed by atoms with Crippen LogP contribution in [0.15, 0.2) is 12.3 Å². The van der Waals surface area contributed by atoms with Gasteiger partial charge in [-0.3, -0.25) is 4.79 Å². The van der Waals surface area contributed by atoms with E-state index in [2.05, 4.69) is 9.97 Å². The minimum atomic E-state index is -0.777. The minimum absolute atomic E-state index is 0.127. The van der Waals surface area contributed by atoms with Crippen LogP contribution in [-0.2, 0) is 4.79 Å².